The average molecular weight is 276 g/mol. The average Bonchev–Trinajstić information content (AvgIpc) is 2.96. The Kier molecular flexibility index (Phi) is 5.14. The van der Waals surface area contributed by atoms with Gasteiger partial charge >= 0.3 is 0 Å². The predicted octanol–water partition coefficient (Wildman–Crippen LogP) is 2.40. The fraction of sp³-hybridized carbons (Fsp3) is 0.286. The molecule has 0 aliphatic heterocycles. The first-order valence-corrected chi connectivity index (χ1v) is 6.36. The van der Waals surface area contributed by atoms with E-state index in [2.05, 4.69) is 5.32 Å². The van der Waals surface area contributed by atoms with Crippen molar-refractivity contribution in [3.63, 3.8) is 0 Å². The SMILES string of the molecule is O=[N+]([O-])c1ccc(OCCNCCc2ccco2)cc1. The maximum absolute atomic E-state index is 10.5. The minimum atomic E-state index is -0.431. The molecule has 0 unspecified atom stereocenters. The van der Waals surface area contributed by atoms with Crippen LogP contribution in [0, 0.1) is 10.1 Å². The minimum absolute atomic E-state index is 0.0638. The van der Waals surface area contributed by atoms with Gasteiger partial charge in [0.05, 0.1) is 11.2 Å². The molecule has 6 nitrogen and oxygen atoms in total. The van der Waals surface area contributed by atoms with E-state index in [1.165, 1.54) is 12.1 Å². The maximum atomic E-state index is 10.5. The third kappa shape index (κ3) is 4.40. The van der Waals surface area contributed by atoms with Crippen LogP contribution in [-0.4, -0.2) is 24.6 Å². The third-order valence-corrected chi connectivity index (χ3v) is 2.72. The van der Waals surface area contributed by atoms with E-state index >= 15 is 0 Å². The lowest BCUT2D eigenvalue weighted by Crippen LogP contribution is -2.23. The van der Waals surface area contributed by atoms with Crippen molar-refractivity contribution in [2.45, 2.75) is 6.42 Å². The first-order valence-electron chi connectivity index (χ1n) is 6.36. The van der Waals surface area contributed by atoms with Crippen molar-refractivity contribution in [1.82, 2.24) is 5.32 Å². The zero-order valence-electron chi connectivity index (χ0n) is 11.0. The van der Waals surface area contributed by atoms with Crippen LogP contribution in [0.3, 0.4) is 0 Å². The van der Waals surface area contributed by atoms with E-state index in [9.17, 15) is 10.1 Å². The molecule has 1 aromatic carbocycles. The summed E-state index contributed by atoms with van der Waals surface area (Å²) in [6, 6.07) is 9.86. The Hall–Kier alpha value is -2.34. The van der Waals surface area contributed by atoms with Gasteiger partial charge < -0.3 is 14.5 Å². The molecule has 0 amide bonds. The zero-order valence-corrected chi connectivity index (χ0v) is 11.0. The fourth-order valence-corrected chi connectivity index (χ4v) is 1.70. The second-order valence-corrected chi connectivity index (χ2v) is 4.18. The molecule has 0 saturated heterocycles. The molecule has 0 bridgehead atoms. The Morgan fingerprint density at radius 1 is 1.20 bits per heavy atom. The van der Waals surface area contributed by atoms with Crippen LogP contribution in [0.2, 0.25) is 0 Å². The molecule has 1 N–H and O–H groups in total. The van der Waals surface area contributed by atoms with Crippen molar-refractivity contribution in [2.75, 3.05) is 19.7 Å². The Balaban J connectivity index is 1.59. The Bertz CT molecular complexity index is 523. The highest BCUT2D eigenvalue weighted by molar-refractivity contribution is 5.35. The van der Waals surface area contributed by atoms with Crippen molar-refractivity contribution in [2.24, 2.45) is 0 Å². The number of hydrogen-bond acceptors (Lipinski definition) is 5. The molecule has 0 radical (unpaired) electrons. The number of non-ortho nitro benzene ring substituents is 1. The van der Waals surface area contributed by atoms with Crippen LogP contribution in [0.25, 0.3) is 0 Å². The normalized spacial score (nSPS) is 10.4. The standard InChI is InChI=1S/C14H16N2O4/c17-16(18)12-3-5-14(6-4-12)20-11-9-15-8-7-13-2-1-10-19-13/h1-6,10,15H,7-9,11H2. The van der Waals surface area contributed by atoms with Crippen molar-refractivity contribution < 1.29 is 14.1 Å². The van der Waals surface area contributed by atoms with Gasteiger partial charge in [-0.15, -0.1) is 0 Å². The van der Waals surface area contributed by atoms with E-state index in [1.807, 2.05) is 12.1 Å². The summed E-state index contributed by atoms with van der Waals surface area (Å²) in [7, 11) is 0. The van der Waals surface area contributed by atoms with E-state index in [4.69, 9.17) is 9.15 Å². The van der Waals surface area contributed by atoms with Gasteiger partial charge in [0.1, 0.15) is 18.1 Å². The van der Waals surface area contributed by atoms with Gasteiger partial charge in [0.2, 0.25) is 0 Å². The maximum Gasteiger partial charge on any atom is 0.269 e. The van der Waals surface area contributed by atoms with Gasteiger partial charge in [0, 0.05) is 31.6 Å². The number of nitro benzene ring substituents is 1. The second-order valence-electron chi connectivity index (χ2n) is 4.18. The van der Waals surface area contributed by atoms with Gasteiger partial charge in [-0.2, -0.15) is 0 Å². The highest BCUT2D eigenvalue weighted by Gasteiger charge is 2.03. The lowest BCUT2D eigenvalue weighted by molar-refractivity contribution is -0.384. The molecule has 0 fully saturated rings. The highest BCUT2D eigenvalue weighted by Crippen LogP contribution is 2.16. The van der Waals surface area contributed by atoms with Gasteiger partial charge in [-0.3, -0.25) is 10.1 Å². The first-order chi connectivity index (χ1) is 9.75. The number of hydrogen-bond donors (Lipinski definition) is 1. The summed E-state index contributed by atoms with van der Waals surface area (Å²) in [6.07, 6.45) is 2.50. The van der Waals surface area contributed by atoms with Crippen LogP contribution < -0.4 is 10.1 Å². The molecule has 6 heteroatoms. The lowest BCUT2D eigenvalue weighted by atomic mass is 10.3. The first kappa shape index (κ1) is 14.1. The van der Waals surface area contributed by atoms with E-state index in [1.54, 1.807) is 18.4 Å². The van der Waals surface area contributed by atoms with Gasteiger partial charge in [-0.05, 0) is 24.3 Å². The topological polar surface area (TPSA) is 77.5 Å². The molecule has 1 aromatic heterocycles. The van der Waals surface area contributed by atoms with Crippen LogP contribution in [0.1, 0.15) is 5.76 Å². The Morgan fingerprint density at radius 3 is 2.65 bits per heavy atom. The fourth-order valence-electron chi connectivity index (χ4n) is 1.70. The van der Waals surface area contributed by atoms with E-state index in [0.29, 0.717) is 18.9 Å². The van der Waals surface area contributed by atoms with Crippen molar-refractivity contribution in [1.29, 1.82) is 0 Å². The summed E-state index contributed by atoms with van der Waals surface area (Å²) >= 11 is 0. The zero-order chi connectivity index (χ0) is 14.2. The summed E-state index contributed by atoms with van der Waals surface area (Å²) in [6.45, 7) is 2.03. The van der Waals surface area contributed by atoms with Crippen molar-refractivity contribution in [3.8, 4) is 5.75 Å². The Labute approximate surface area is 116 Å². The molecule has 2 rings (SSSR count). The molecule has 0 saturated carbocycles. The molecule has 2 aromatic rings. The monoisotopic (exact) mass is 276 g/mol. The molecular weight excluding hydrogens is 260 g/mol. The molecule has 0 atom stereocenters. The van der Waals surface area contributed by atoms with Crippen LogP contribution in [0.4, 0.5) is 5.69 Å². The second kappa shape index (κ2) is 7.30. The van der Waals surface area contributed by atoms with Gasteiger partial charge in [0.25, 0.3) is 5.69 Å². The quantitative estimate of drug-likeness (QED) is 0.455. The predicted molar refractivity (Wildman–Crippen MR) is 73.9 cm³/mol. The van der Waals surface area contributed by atoms with Gasteiger partial charge in [-0.1, -0.05) is 0 Å². The number of furan rings is 1. The van der Waals surface area contributed by atoms with E-state index in [-0.39, 0.29) is 5.69 Å². The number of rotatable bonds is 8. The number of nitrogens with zero attached hydrogens (tertiary/aromatic N) is 1. The summed E-state index contributed by atoms with van der Waals surface area (Å²) in [5.74, 6) is 1.58. The summed E-state index contributed by atoms with van der Waals surface area (Å²) in [4.78, 5) is 10.1. The van der Waals surface area contributed by atoms with Gasteiger partial charge in [0.15, 0.2) is 0 Å². The van der Waals surface area contributed by atoms with Crippen LogP contribution >= 0.6 is 0 Å². The van der Waals surface area contributed by atoms with Crippen LogP contribution in [0.5, 0.6) is 5.75 Å². The number of nitrogens with one attached hydrogen (secondary N) is 1. The van der Waals surface area contributed by atoms with Crippen LogP contribution in [-0.2, 0) is 6.42 Å². The summed E-state index contributed by atoms with van der Waals surface area (Å²) in [5, 5.41) is 13.7. The van der Waals surface area contributed by atoms with Crippen LogP contribution in [0.15, 0.2) is 47.1 Å². The van der Waals surface area contributed by atoms with Gasteiger partial charge in [-0.25, -0.2) is 0 Å². The molecular formula is C14H16N2O4. The molecule has 20 heavy (non-hydrogen) atoms. The third-order valence-electron chi connectivity index (χ3n) is 2.72. The smallest absolute Gasteiger partial charge is 0.269 e. The minimum Gasteiger partial charge on any atom is -0.492 e. The number of ether oxygens (including phenoxy) is 1. The number of benzene rings is 1. The largest absolute Gasteiger partial charge is 0.492 e. The molecule has 0 spiro atoms. The molecule has 0 aliphatic rings. The molecule has 1 heterocycles. The highest BCUT2D eigenvalue weighted by atomic mass is 16.6. The van der Waals surface area contributed by atoms with Crippen molar-refractivity contribution in [3.05, 3.63) is 58.5 Å². The van der Waals surface area contributed by atoms with Crippen molar-refractivity contribution >= 4 is 5.69 Å². The van der Waals surface area contributed by atoms with E-state index < -0.39 is 4.92 Å². The Morgan fingerprint density at radius 2 is 2.00 bits per heavy atom. The number of nitro groups is 1. The molecule has 0 aliphatic carbocycles. The summed E-state index contributed by atoms with van der Waals surface area (Å²) in [5.41, 5.74) is 0.0638. The lowest BCUT2D eigenvalue weighted by Gasteiger charge is -2.06. The summed E-state index contributed by atoms with van der Waals surface area (Å²) < 4.78 is 10.7. The molecule has 106 valence electrons. The van der Waals surface area contributed by atoms with E-state index in [0.717, 1.165) is 18.7 Å².